The molecule has 2 unspecified atom stereocenters. The lowest BCUT2D eigenvalue weighted by atomic mass is 9.69. The fourth-order valence-corrected chi connectivity index (χ4v) is 11.6. The summed E-state index contributed by atoms with van der Waals surface area (Å²) in [5.74, 6) is 0.151. The number of aryl methyl sites for hydroxylation is 1. The van der Waals surface area contributed by atoms with E-state index < -0.39 is 11.9 Å². The molecule has 2 atom stereocenters. The van der Waals surface area contributed by atoms with Gasteiger partial charge in [0.25, 0.3) is 0 Å². The molecule has 3 aliphatic carbocycles. The maximum Gasteiger partial charge on any atom is 0.211 e. The summed E-state index contributed by atoms with van der Waals surface area (Å²) in [5, 5.41) is 28.0. The van der Waals surface area contributed by atoms with Crippen LogP contribution < -0.4 is 21.7 Å². The molecule has 0 saturated heterocycles. The fraction of sp³-hybridized carbons (Fsp3) is 0.0938. The predicted molar refractivity (Wildman–Crippen MR) is 302 cm³/mol. The number of aromatic hydroxyl groups is 2. The standard InChI is InChI=1S/C64H45B3N4O2/c65-56-55(60(72)58(67)61(73)57(56)66)51-36-41(37-17-5-1-6-18-37)29-30-49(51)53-47-27-14-13-25-45(47)48-31-32-50-46-26-15-16-28-52(46)71(59(50)54(48)53)64-69-62(40-23-11-4-12-24-40)68-63(70-64)44-34-42(38-19-7-2-8-20-38)33-43(35-44)39-21-9-3-10-22-39/h1-2,4-9,11-30,33-36,53,62,72-73H,3,10,31-32H2,(H,68,69,70). The number of nitrogens with zero attached hydrogens (tertiary/aromatic N) is 3. The van der Waals surface area contributed by atoms with Crippen molar-refractivity contribution in [3.05, 3.63) is 239 Å². The third-order valence-corrected chi connectivity index (χ3v) is 15.1. The lowest BCUT2D eigenvalue weighted by Crippen LogP contribution is -2.38. The summed E-state index contributed by atoms with van der Waals surface area (Å²) in [6.07, 6.45) is 9.95. The number of amidine groups is 1. The van der Waals surface area contributed by atoms with E-state index in [4.69, 9.17) is 33.5 Å². The minimum Gasteiger partial charge on any atom is -0.509 e. The molecule has 73 heavy (non-hydrogen) atoms. The van der Waals surface area contributed by atoms with Gasteiger partial charge in [-0.05, 0) is 139 Å². The van der Waals surface area contributed by atoms with Gasteiger partial charge in [-0.3, -0.25) is 4.57 Å². The number of aliphatic imine (C=N–C) groups is 2. The normalized spacial score (nSPS) is 16.8. The maximum atomic E-state index is 12.0. The van der Waals surface area contributed by atoms with Crippen molar-refractivity contribution in [3.63, 3.8) is 0 Å². The van der Waals surface area contributed by atoms with E-state index in [0.29, 0.717) is 17.4 Å². The van der Waals surface area contributed by atoms with Crippen LogP contribution in [-0.4, -0.2) is 50.1 Å². The summed E-state index contributed by atoms with van der Waals surface area (Å²) in [6, 6.07) is 61.3. The number of phenols is 2. The number of aromatic nitrogens is 1. The monoisotopic (exact) mass is 934 g/mol. The smallest absolute Gasteiger partial charge is 0.211 e. The molecule has 3 N–H and O–H groups in total. The van der Waals surface area contributed by atoms with E-state index in [1.54, 1.807) is 0 Å². The molecule has 4 aliphatic rings. The van der Waals surface area contributed by atoms with E-state index >= 15 is 0 Å². The number of nitrogens with one attached hydrogen (secondary N) is 1. The van der Waals surface area contributed by atoms with Crippen molar-refractivity contribution in [2.75, 3.05) is 0 Å². The van der Waals surface area contributed by atoms with Crippen molar-refractivity contribution in [3.8, 4) is 44.9 Å². The number of hydrogen-bond donors (Lipinski definition) is 3. The number of phenolic OH excluding ortho intramolecular Hbond substituents is 2. The second-order valence-electron chi connectivity index (χ2n) is 19.2. The van der Waals surface area contributed by atoms with Gasteiger partial charge in [0.15, 0.2) is 5.84 Å². The van der Waals surface area contributed by atoms with Crippen LogP contribution in [0.5, 0.6) is 11.5 Å². The third-order valence-electron chi connectivity index (χ3n) is 15.1. The molecule has 0 fully saturated rings. The summed E-state index contributed by atoms with van der Waals surface area (Å²) >= 11 is 0. The minimum atomic E-state index is -0.472. The van der Waals surface area contributed by atoms with Crippen LogP contribution in [0.4, 0.5) is 0 Å². The van der Waals surface area contributed by atoms with Crippen LogP contribution in [0.1, 0.15) is 76.0 Å². The van der Waals surface area contributed by atoms with Gasteiger partial charge in [0.05, 0.1) is 11.2 Å². The average Bonchev–Trinajstić information content (AvgIpc) is 3.98. The summed E-state index contributed by atoms with van der Waals surface area (Å²) in [4.78, 5) is 11.1. The highest BCUT2D eigenvalue weighted by molar-refractivity contribution is 6.55. The SMILES string of the molecule is [B]c1c([B])c(-c2cc(-c3ccccc3)ccc2C2C3=C(CCc4c3n(C3=NC(c5cc(C6=CCCC=C6)cc(-c6ccccc6)c5)=NC(c5ccccc5)N3)c3ccccc43)c3ccccc32)c(O)c([B])c1O. The van der Waals surface area contributed by atoms with Crippen molar-refractivity contribution >= 4 is 79.3 Å². The molecule has 9 heteroatoms. The molecule has 1 aromatic heterocycles. The van der Waals surface area contributed by atoms with Crippen LogP contribution in [0.25, 0.3) is 61.0 Å². The fourth-order valence-electron chi connectivity index (χ4n) is 11.6. The summed E-state index contributed by atoms with van der Waals surface area (Å²) in [6.45, 7) is 0. The van der Waals surface area contributed by atoms with E-state index in [1.165, 1.54) is 22.3 Å². The lowest BCUT2D eigenvalue weighted by Gasteiger charge is -2.29. The molecule has 2 heterocycles. The number of fused-ring (bicyclic) bond motifs is 6. The molecule has 8 aromatic carbocycles. The zero-order valence-electron chi connectivity index (χ0n) is 39.9. The molecule has 1 aliphatic heterocycles. The minimum absolute atomic E-state index is 0.0458. The van der Waals surface area contributed by atoms with Crippen LogP contribution in [0, 0.1) is 0 Å². The average molecular weight is 935 g/mol. The van der Waals surface area contributed by atoms with Crippen LogP contribution in [0.2, 0.25) is 0 Å². The quantitative estimate of drug-likeness (QED) is 0.139. The Balaban J connectivity index is 1.06. The molecule has 0 amide bonds. The second kappa shape index (κ2) is 17.9. The number of hydrogen-bond acceptors (Lipinski definition) is 5. The number of benzene rings is 8. The Hall–Kier alpha value is -8.55. The number of rotatable bonds is 7. The van der Waals surface area contributed by atoms with Gasteiger partial charge in [-0.25, -0.2) is 4.99 Å². The molecule has 13 rings (SSSR count). The Morgan fingerprint density at radius 1 is 0.562 bits per heavy atom. The van der Waals surface area contributed by atoms with Gasteiger partial charge in [0.2, 0.25) is 5.96 Å². The van der Waals surface area contributed by atoms with Crippen molar-refractivity contribution in [2.24, 2.45) is 9.98 Å². The first-order chi connectivity index (χ1) is 35.8. The largest absolute Gasteiger partial charge is 0.509 e. The van der Waals surface area contributed by atoms with E-state index in [9.17, 15) is 10.2 Å². The molecule has 6 radical (unpaired) electrons. The Morgan fingerprint density at radius 3 is 2.00 bits per heavy atom. The third kappa shape index (κ3) is 7.44. The molecular weight excluding hydrogens is 889 g/mol. The first-order valence-corrected chi connectivity index (χ1v) is 24.9. The van der Waals surface area contributed by atoms with Gasteiger partial charge in [-0.2, -0.15) is 4.99 Å². The maximum absolute atomic E-state index is 12.0. The highest BCUT2D eigenvalue weighted by Crippen LogP contribution is 2.57. The van der Waals surface area contributed by atoms with Gasteiger partial charge in [0, 0.05) is 22.4 Å². The van der Waals surface area contributed by atoms with Crippen LogP contribution >= 0.6 is 0 Å². The van der Waals surface area contributed by atoms with E-state index in [1.807, 2.05) is 30.3 Å². The Labute approximate surface area is 428 Å². The Kier molecular flexibility index (Phi) is 10.9. The molecule has 0 spiro atoms. The Morgan fingerprint density at radius 2 is 1.23 bits per heavy atom. The predicted octanol–water partition coefficient (Wildman–Crippen LogP) is 11.1. The van der Waals surface area contributed by atoms with Gasteiger partial charge in [-0.1, -0.05) is 175 Å². The summed E-state index contributed by atoms with van der Waals surface area (Å²) in [7, 11) is 19.8. The first kappa shape index (κ1) is 44.4. The van der Waals surface area contributed by atoms with E-state index in [2.05, 4.69) is 174 Å². The van der Waals surface area contributed by atoms with Crippen LogP contribution in [0.3, 0.4) is 0 Å². The number of allylic oxidation sites excluding steroid dienone is 6. The molecule has 6 nitrogen and oxygen atoms in total. The summed E-state index contributed by atoms with van der Waals surface area (Å²) < 4.78 is 2.33. The highest BCUT2D eigenvalue weighted by Gasteiger charge is 2.41. The molecule has 9 aromatic rings. The van der Waals surface area contributed by atoms with E-state index in [0.717, 1.165) is 97.9 Å². The molecular formula is C64H45B3N4O2. The van der Waals surface area contributed by atoms with Crippen molar-refractivity contribution in [2.45, 2.75) is 37.8 Å². The van der Waals surface area contributed by atoms with Crippen molar-refractivity contribution < 1.29 is 10.2 Å². The second-order valence-corrected chi connectivity index (χ2v) is 19.2. The van der Waals surface area contributed by atoms with E-state index in [-0.39, 0.29) is 33.6 Å². The van der Waals surface area contributed by atoms with Crippen molar-refractivity contribution in [1.82, 2.24) is 9.88 Å². The molecule has 0 saturated carbocycles. The zero-order valence-corrected chi connectivity index (χ0v) is 39.9. The Bertz CT molecular complexity index is 3860. The van der Waals surface area contributed by atoms with Crippen molar-refractivity contribution in [1.29, 1.82) is 0 Å². The first-order valence-electron chi connectivity index (χ1n) is 24.9. The van der Waals surface area contributed by atoms with Gasteiger partial charge < -0.3 is 15.5 Å². The van der Waals surface area contributed by atoms with Gasteiger partial charge in [0.1, 0.15) is 41.2 Å². The van der Waals surface area contributed by atoms with Gasteiger partial charge in [-0.15, -0.1) is 0 Å². The molecule has 342 valence electrons. The van der Waals surface area contributed by atoms with Crippen LogP contribution in [0.15, 0.2) is 204 Å². The molecule has 0 bridgehead atoms. The number of para-hydroxylation sites is 1. The zero-order chi connectivity index (χ0) is 49.3. The lowest BCUT2D eigenvalue weighted by molar-refractivity contribution is 0.463. The van der Waals surface area contributed by atoms with Crippen LogP contribution in [-0.2, 0) is 6.42 Å². The van der Waals surface area contributed by atoms with Gasteiger partial charge >= 0.3 is 0 Å². The topological polar surface area (TPSA) is 82.1 Å². The highest BCUT2D eigenvalue weighted by atomic mass is 16.3. The summed E-state index contributed by atoms with van der Waals surface area (Å²) in [5.41, 5.74) is 17.9.